The Balaban J connectivity index is 1.42. The fourth-order valence-corrected chi connectivity index (χ4v) is 3.94. The Morgan fingerprint density at radius 2 is 2.07 bits per heavy atom. The number of fused-ring (bicyclic) bond motifs is 2. The van der Waals surface area contributed by atoms with Gasteiger partial charge in [0.1, 0.15) is 11.7 Å². The van der Waals surface area contributed by atoms with E-state index in [-0.39, 0.29) is 11.9 Å². The van der Waals surface area contributed by atoms with E-state index in [0.29, 0.717) is 12.2 Å². The molecule has 2 aliphatic rings. The topological polar surface area (TPSA) is 58.9 Å². The summed E-state index contributed by atoms with van der Waals surface area (Å²) in [5, 5.41) is 7.98. The van der Waals surface area contributed by atoms with Crippen molar-refractivity contribution < 1.29 is 9.53 Å². The minimum Gasteiger partial charge on any atom is -0.426 e. The summed E-state index contributed by atoms with van der Waals surface area (Å²) in [5.41, 5.74) is 3.93. The highest BCUT2D eigenvalue weighted by molar-refractivity contribution is 5.83. The molecule has 1 unspecified atom stereocenters. The monoisotopic (exact) mass is 362 g/mol. The summed E-state index contributed by atoms with van der Waals surface area (Å²) in [6.45, 7) is 4.02. The lowest BCUT2D eigenvalue weighted by Crippen LogP contribution is -2.29. The van der Waals surface area contributed by atoms with Crippen molar-refractivity contribution in [3.05, 3.63) is 59.9 Å². The minimum atomic E-state index is -0.356. The Bertz CT molecular complexity index is 956. The van der Waals surface area contributed by atoms with Crippen LogP contribution < -0.4 is 15.0 Å². The van der Waals surface area contributed by atoms with E-state index < -0.39 is 0 Å². The molecule has 0 amide bonds. The molecule has 1 saturated heterocycles. The van der Waals surface area contributed by atoms with Crippen molar-refractivity contribution in [1.82, 2.24) is 14.9 Å². The molecule has 6 heteroatoms. The van der Waals surface area contributed by atoms with Crippen LogP contribution in [0, 0.1) is 0 Å². The summed E-state index contributed by atoms with van der Waals surface area (Å²) in [4.78, 5) is 15.0. The Kier molecular flexibility index (Phi) is 4.05. The second kappa shape index (κ2) is 6.70. The molecule has 1 fully saturated rings. The number of esters is 1. The number of nitrogens with one attached hydrogen (secondary N) is 1. The van der Waals surface area contributed by atoms with Gasteiger partial charge in [-0.1, -0.05) is 12.1 Å². The first-order chi connectivity index (χ1) is 13.3. The molecule has 1 N–H and O–H groups in total. The van der Waals surface area contributed by atoms with E-state index in [1.54, 1.807) is 4.52 Å². The number of hydrogen-bond donors (Lipinski definition) is 1. The van der Waals surface area contributed by atoms with Crippen LogP contribution in [0.5, 0.6) is 5.75 Å². The van der Waals surface area contributed by atoms with Crippen molar-refractivity contribution in [3.63, 3.8) is 0 Å². The number of benzene rings is 1. The molecule has 27 heavy (non-hydrogen) atoms. The predicted molar refractivity (Wildman–Crippen MR) is 103 cm³/mol. The number of rotatable bonds is 2. The fourth-order valence-electron chi connectivity index (χ4n) is 3.94. The van der Waals surface area contributed by atoms with Crippen molar-refractivity contribution in [2.24, 2.45) is 0 Å². The van der Waals surface area contributed by atoms with E-state index in [1.165, 1.54) is 0 Å². The molecule has 1 aromatic carbocycles. The Morgan fingerprint density at radius 3 is 3.00 bits per heavy atom. The van der Waals surface area contributed by atoms with Crippen LogP contribution in [-0.4, -0.2) is 41.8 Å². The van der Waals surface area contributed by atoms with Crippen molar-refractivity contribution in [2.45, 2.75) is 18.8 Å². The summed E-state index contributed by atoms with van der Waals surface area (Å²) < 4.78 is 7.53. The SMILES string of the molecule is O=C1Oc2cc(N3CCCNCC3)ccc2CC1c1cc2ccccn2n1. The summed E-state index contributed by atoms with van der Waals surface area (Å²) in [6, 6.07) is 14.1. The molecule has 0 spiro atoms. The number of hydrogen-bond acceptors (Lipinski definition) is 5. The molecule has 2 aromatic heterocycles. The number of carbonyl (C=O) groups excluding carboxylic acids is 1. The van der Waals surface area contributed by atoms with Crippen LogP contribution in [0.2, 0.25) is 0 Å². The molecule has 138 valence electrons. The molecular formula is C21H22N4O2. The summed E-state index contributed by atoms with van der Waals surface area (Å²) >= 11 is 0. The fraction of sp³-hybridized carbons (Fsp3) is 0.333. The van der Waals surface area contributed by atoms with Gasteiger partial charge in [0.05, 0.1) is 11.2 Å². The van der Waals surface area contributed by atoms with Gasteiger partial charge in [0, 0.05) is 37.6 Å². The average Bonchev–Trinajstić information content (AvgIpc) is 2.92. The van der Waals surface area contributed by atoms with Crippen LogP contribution in [0.3, 0.4) is 0 Å². The van der Waals surface area contributed by atoms with Crippen molar-refractivity contribution in [1.29, 1.82) is 0 Å². The molecular weight excluding hydrogens is 340 g/mol. The molecule has 4 heterocycles. The van der Waals surface area contributed by atoms with Gasteiger partial charge in [-0.2, -0.15) is 5.10 Å². The number of ether oxygens (including phenoxy) is 1. The molecule has 1 atom stereocenters. The summed E-state index contributed by atoms with van der Waals surface area (Å²) in [5.74, 6) is 0.112. The van der Waals surface area contributed by atoms with E-state index >= 15 is 0 Å². The lowest BCUT2D eigenvalue weighted by molar-refractivity contribution is -0.137. The molecule has 0 radical (unpaired) electrons. The Morgan fingerprint density at radius 1 is 1.11 bits per heavy atom. The third kappa shape index (κ3) is 3.06. The lowest BCUT2D eigenvalue weighted by atomic mass is 9.93. The maximum Gasteiger partial charge on any atom is 0.320 e. The van der Waals surface area contributed by atoms with Crippen molar-refractivity contribution in [2.75, 3.05) is 31.1 Å². The zero-order valence-electron chi connectivity index (χ0n) is 15.1. The largest absolute Gasteiger partial charge is 0.426 e. The number of anilines is 1. The third-order valence-corrected chi connectivity index (χ3v) is 5.42. The second-order valence-electron chi connectivity index (χ2n) is 7.20. The first kappa shape index (κ1) is 16.3. The molecule has 5 rings (SSSR count). The van der Waals surface area contributed by atoms with Crippen LogP contribution in [-0.2, 0) is 11.2 Å². The van der Waals surface area contributed by atoms with Gasteiger partial charge in [0.25, 0.3) is 0 Å². The summed E-state index contributed by atoms with van der Waals surface area (Å²) in [7, 11) is 0. The van der Waals surface area contributed by atoms with Crippen molar-refractivity contribution >= 4 is 17.2 Å². The second-order valence-corrected chi connectivity index (χ2v) is 7.20. The van der Waals surface area contributed by atoms with E-state index in [4.69, 9.17) is 4.74 Å². The van der Waals surface area contributed by atoms with Gasteiger partial charge in [-0.3, -0.25) is 4.79 Å². The van der Waals surface area contributed by atoms with Gasteiger partial charge >= 0.3 is 5.97 Å². The molecule has 2 aliphatic heterocycles. The third-order valence-electron chi connectivity index (χ3n) is 5.42. The van der Waals surface area contributed by atoms with E-state index in [1.807, 2.05) is 36.5 Å². The summed E-state index contributed by atoms with van der Waals surface area (Å²) in [6.07, 6.45) is 3.63. The normalized spacial score (nSPS) is 20.2. The Labute approximate surface area is 157 Å². The van der Waals surface area contributed by atoms with Crippen LogP contribution in [0.25, 0.3) is 5.52 Å². The van der Waals surface area contributed by atoms with E-state index in [0.717, 1.165) is 55.1 Å². The van der Waals surface area contributed by atoms with E-state index in [2.05, 4.69) is 27.4 Å². The zero-order valence-corrected chi connectivity index (χ0v) is 15.1. The highest BCUT2D eigenvalue weighted by atomic mass is 16.5. The highest BCUT2D eigenvalue weighted by Crippen LogP contribution is 2.36. The average molecular weight is 362 g/mol. The van der Waals surface area contributed by atoms with Gasteiger partial charge in [0.15, 0.2) is 0 Å². The zero-order chi connectivity index (χ0) is 18.2. The van der Waals surface area contributed by atoms with Crippen LogP contribution in [0.15, 0.2) is 48.7 Å². The van der Waals surface area contributed by atoms with Gasteiger partial charge < -0.3 is 15.0 Å². The highest BCUT2D eigenvalue weighted by Gasteiger charge is 2.32. The number of aromatic nitrogens is 2. The maximum atomic E-state index is 12.7. The van der Waals surface area contributed by atoms with Gasteiger partial charge in [-0.15, -0.1) is 0 Å². The van der Waals surface area contributed by atoms with Crippen LogP contribution in [0.4, 0.5) is 5.69 Å². The van der Waals surface area contributed by atoms with Crippen LogP contribution in [0.1, 0.15) is 23.6 Å². The van der Waals surface area contributed by atoms with Crippen LogP contribution >= 0.6 is 0 Å². The van der Waals surface area contributed by atoms with Gasteiger partial charge in [-0.05, 0) is 49.2 Å². The Hall–Kier alpha value is -2.86. The molecule has 6 nitrogen and oxygen atoms in total. The number of nitrogens with zero attached hydrogens (tertiary/aromatic N) is 3. The predicted octanol–water partition coefficient (Wildman–Crippen LogP) is 2.38. The quantitative estimate of drug-likeness (QED) is 0.560. The first-order valence-corrected chi connectivity index (χ1v) is 9.52. The maximum absolute atomic E-state index is 12.7. The van der Waals surface area contributed by atoms with Crippen molar-refractivity contribution in [3.8, 4) is 5.75 Å². The first-order valence-electron chi connectivity index (χ1n) is 9.52. The van der Waals surface area contributed by atoms with E-state index in [9.17, 15) is 4.79 Å². The molecule has 0 saturated carbocycles. The number of carbonyl (C=O) groups is 1. The number of pyridine rings is 1. The molecule has 0 bridgehead atoms. The minimum absolute atomic E-state index is 0.222. The lowest BCUT2D eigenvalue weighted by Gasteiger charge is -2.26. The molecule has 0 aliphatic carbocycles. The van der Waals surface area contributed by atoms with Gasteiger partial charge in [-0.25, -0.2) is 4.52 Å². The smallest absolute Gasteiger partial charge is 0.320 e. The molecule has 3 aromatic rings. The standard InChI is InChI=1S/C21H22N4O2/c26-21-18(19-13-17-4-1-2-10-25(17)23-19)12-15-5-6-16(14-20(15)27-21)24-9-3-7-22-8-11-24/h1-2,4-6,10,13-14,18,22H,3,7-9,11-12H2. The van der Waals surface area contributed by atoms with Gasteiger partial charge in [0.2, 0.25) is 0 Å².